The van der Waals surface area contributed by atoms with Crippen LogP contribution < -0.4 is 11.1 Å². The van der Waals surface area contributed by atoms with Crippen LogP contribution in [0.4, 0.5) is 8.78 Å². The topological polar surface area (TPSA) is 55.1 Å². The van der Waals surface area contributed by atoms with E-state index in [1.54, 1.807) is 0 Å². The van der Waals surface area contributed by atoms with Crippen molar-refractivity contribution in [2.45, 2.75) is 38.8 Å². The number of hydrogen-bond acceptors (Lipinski definition) is 2. The highest BCUT2D eigenvalue weighted by Crippen LogP contribution is 2.39. The van der Waals surface area contributed by atoms with Gasteiger partial charge in [-0.05, 0) is 18.6 Å². The van der Waals surface area contributed by atoms with E-state index in [0.717, 1.165) is 12.1 Å². The van der Waals surface area contributed by atoms with Gasteiger partial charge in [0.15, 0.2) is 0 Å². The molecule has 3 nitrogen and oxygen atoms in total. The van der Waals surface area contributed by atoms with Crippen LogP contribution in [0.2, 0.25) is 0 Å². The van der Waals surface area contributed by atoms with Crippen LogP contribution in [0, 0.1) is 17.0 Å². The maximum Gasteiger partial charge on any atom is 0.224 e. The van der Waals surface area contributed by atoms with Gasteiger partial charge in [0.05, 0.1) is 6.42 Å². The van der Waals surface area contributed by atoms with Gasteiger partial charge in [-0.1, -0.05) is 19.9 Å². The second-order valence-electron chi connectivity index (χ2n) is 5.66. The highest BCUT2D eigenvalue weighted by Gasteiger charge is 2.46. The molecule has 0 heterocycles. The fourth-order valence-corrected chi connectivity index (χ4v) is 2.31. The van der Waals surface area contributed by atoms with Crippen molar-refractivity contribution < 1.29 is 13.6 Å². The Bertz CT molecular complexity index is 482. The number of carbonyl (C=O) groups is 1. The van der Waals surface area contributed by atoms with E-state index in [2.05, 4.69) is 5.32 Å². The van der Waals surface area contributed by atoms with Crippen molar-refractivity contribution in [1.29, 1.82) is 0 Å². The minimum atomic E-state index is -0.695. The van der Waals surface area contributed by atoms with E-state index in [0.29, 0.717) is 6.42 Å². The molecule has 3 N–H and O–H groups in total. The molecule has 104 valence electrons. The van der Waals surface area contributed by atoms with E-state index in [1.807, 2.05) is 13.8 Å². The number of amides is 1. The lowest BCUT2D eigenvalue weighted by Crippen LogP contribution is -2.64. The maximum atomic E-state index is 13.4. The second kappa shape index (κ2) is 4.89. The molecule has 0 aliphatic heterocycles. The monoisotopic (exact) mass is 268 g/mol. The normalized spacial score (nSPS) is 24.7. The fourth-order valence-electron chi connectivity index (χ4n) is 2.31. The van der Waals surface area contributed by atoms with Crippen LogP contribution in [0.5, 0.6) is 0 Å². The van der Waals surface area contributed by atoms with Crippen molar-refractivity contribution in [2.75, 3.05) is 0 Å². The first-order chi connectivity index (χ1) is 8.82. The van der Waals surface area contributed by atoms with Crippen molar-refractivity contribution in [3.63, 3.8) is 0 Å². The quantitative estimate of drug-likeness (QED) is 0.877. The van der Waals surface area contributed by atoms with Crippen LogP contribution in [0.1, 0.15) is 25.8 Å². The molecule has 0 saturated heterocycles. The largest absolute Gasteiger partial charge is 0.352 e. The van der Waals surface area contributed by atoms with Gasteiger partial charge in [0.25, 0.3) is 0 Å². The van der Waals surface area contributed by atoms with E-state index in [9.17, 15) is 13.6 Å². The Kier molecular flexibility index (Phi) is 3.58. The molecule has 1 saturated carbocycles. The fraction of sp³-hybridized carbons (Fsp3) is 0.500. The van der Waals surface area contributed by atoms with E-state index in [4.69, 9.17) is 5.73 Å². The lowest BCUT2D eigenvalue weighted by atomic mass is 9.63. The summed E-state index contributed by atoms with van der Waals surface area (Å²) in [6.45, 7) is 3.94. The summed E-state index contributed by atoms with van der Waals surface area (Å²) in [5, 5.41) is 2.79. The second-order valence-corrected chi connectivity index (χ2v) is 5.66. The van der Waals surface area contributed by atoms with Crippen molar-refractivity contribution in [3.8, 4) is 0 Å². The Hall–Kier alpha value is -1.49. The van der Waals surface area contributed by atoms with Gasteiger partial charge < -0.3 is 11.1 Å². The van der Waals surface area contributed by atoms with Gasteiger partial charge in [-0.15, -0.1) is 0 Å². The molecule has 1 aliphatic rings. The summed E-state index contributed by atoms with van der Waals surface area (Å²) in [6, 6.07) is 3.58. The average molecular weight is 268 g/mol. The van der Waals surface area contributed by atoms with E-state index in [1.165, 1.54) is 6.07 Å². The van der Waals surface area contributed by atoms with Crippen LogP contribution in [0.15, 0.2) is 18.2 Å². The summed E-state index contributed by atoms with van der Waals surface area (Å²) in [7, 11) is 0. The number of halogens is 2. The third-order valence-corrected chi connectivity index (χ3v) is 4.08. The van der Waals surface area contributed by atoms with E-state index < -0.39 is 11.6 Å². The number of carbonyl (C=O) groups excluding carboxylic acids is 1. The van der Waals surface area contributed by atoms with Crippen LogP contribution in [0.25, 0.3) is 0 Å². The molecule has 1 aromatic rings. The highest BCUT2D eigenvalue weighted by atomic mass is 19.1. The standard InChI is InChI=1S/C14H18F2N2O/c1-14(2)11(17)7-12(14)18-13(19)6-8-9(15)4-3-5-10(8)16/h3-5,11-12H,6-7,17H2,1-2H3,(H,18,19). The first-order valence-electron chi connectivity index (χ1n) is 6.30. The molecule has 2 atom stereocenters. The van der Waals surface area contributed by atoms with Crippen LogP contribution in [0.3, 0.4) is 0 Å². The maximum absolute atomic E-state index is 13.4. The molecule has 19 heavy (non-hydrogen) atoms. The molecule has 2 rings (SSSR count). The van der Waals surface area contributed by atoms with Gasteiger partial charge in [0.1, 0.15) is 11.6 Å². The molecule has 1 fully saturated rings. The van der Waals surface area contributed by atoms with Crippen molar-refractivity contribution in [1.82, 2.24) is 5.32 Å². The van der Waals surface area contributed by atoms with Crippen LogP contribution in [-0.2, 0) is 11.2 Å². The molecule has 1 amide bonds. The Morgan fingerprint density at radius 3 is 2.47 bits per heavy atom. The predicted octanol–water partition coefficient (Wildman–Crippen LogP) is 1.75. The molecule has 1 aromatic carbocycles. The van der Waals surface area contributed by atoms with Crippen LogP contribution in [-0.4, -0.2) is 18.0 Å². The Labute approximate surface area is 111 Å². The average Bonchev–Trinajstić information content (AvgIpc) is 2.34. The lowest BCUT2D eigenvalue weighted by molar-refractivity contribution is -0.123. The molecule has 1 aliphatic carbocycles. The van der Waals surface area contributed by atoms with E-state index >= 15 is 0 Å². The molecule has 0 radical (unpaired) electrons. The van der Waals surface area contributed by atoms with Gasteiger partial charge in [-0.25, -0.2) is 8.78 Å². The summed E-state index contributed by atoms with van der Waals surface area (Å²) in [5.41, 5.74) is 5.48. The zero-order chi connectivity index (χ0) is 14.2. The van der Waals surface area contributed by atoms with Gasteiger partial charge in [-0.2, -0.15) is 0 Å². The number of hydrogen-bond donors (Lipinski definition) is 2. The highest BCUT2D eigenvalue weighted by molar-refractivity contribution is 5.79. The first kappa shape index (κ1) is 13.9. The third-order valence-electron chi connectivity index (χ3n) is 4.08. The summed E-state index contributed by atoms with van der Waals surface area (Å²) in [6.07, 6.45) is 0.402. The number of rotatable bonds is 3. The molecule has 0 spiro atoms. The number of benzene rings is 1. The van der Waals surface area contributed by atoms with E-state index in [-0.39, 0.29) is 35.4 Å². The van der Waals surface area contributed by atoms with Gasteiger partial charge in [0, 0.05) is 23.1 Å². The lowest BCUT2D eigenvalue weighted by Gasteiger charge is -2.50. The molecular weight excluding hydrogens is 250 g/mol. The molecule has 5 heteroatoms. The molecular formula is C14H18F2N2O. The van der Waals surface area contributed by atoms with Gasteiger partial charge >= 0.3 is 0 Å². The minimum absolute atomic E-state index is 0.0372. The van der Waals surface area contributed by atoms with Crippen molar-refractivity contribution in [2.24, 2.45) is 11.1 Å². The Balaban J connectivity index is 1.99. The SMILES string of the molecule is CC1(C)C(N)CC1NC(=O)Cc1c(F)cccc1F. The van der Waals surface area contributed by atoms with Gasteiger partial charge in [-0.3, -0.25) is 4.79 Å². The minimum Gasteiger partial charge on any atom is -0.352 e. The van der Waals surface area contributed by atoms with Crippen molar-refractivity contribution in [3.05, 3.63) is 35.4 Å². The molecule has 0 aromatic heterocycles. The molecule has 2 unspecified atom stereocenters. The molecule has 0 bridgehead atoms. The Morgan fingerprint density at radius 1 is 1.42 bits per heavy atom. The smallest absolute Gasteiger partial charge is 0.224 e. The first-order valence-corrected chi connectivity index (χ1v) is 6.30. The third kappa shape index (κ3) is 2.61. The Morgan fingerprint density at radius 2 is 2.00 bits per heavy atom. The number of nitrogens with two attached hydrogens (primary N) is 1. The summed E-state index contributed by atoms with van der Waals surface area (Å²) in [5.74, 6) is -1.77. The summed E-state index contributed by atoms with van der Waals surface area (Å²) >= 11 is 0. The van der Waals surface area contributed by atoms with Gasteiger partial charge in [0.2, 0.25) is 5.91 Å². The zero-order valence-corrected chi connectivity index (χ0v) is 11.0. The predicted molar refractivity (Wildman–Crippen MR) is 68.4 cm³/mol. The van der Waals surface area contributed by atoms with Crippen molar-refractivity contribution >= 4 is 5.91 Å². The van der Waals surface area contributed by atoms with Crippen LogP contribution >= 0.6 is 0 Å². The zero-order valence-electron chi connectivity index (χ0n) is 11.0. The number of nitrogens with one attached hydrogen (secondary N) is 1. The summed E-state index contributed by atoms with van der Waals surface area (Å²) in [4.78, 5) is 11.8. The summed E-state index contributed by atoms with van der Waals surface area (Å²) < 4.78 is 26.8.